The van der Waals surface area contributed by atoms with Crippen molar-refractivity contribution in [3.8, 4) is 5.75 Å². The van der Waals surface area contributed by atoms with E-state index in [1.807, 2.05) is 69.3 Å². The van der Waals surface area contributed by atoms with E-state index in [-0.39, 0.29) is 18.1 Å². The van der Waals surface area contributed by atoms with Crippen LogP contribution in [0.3, 0.4) is 0 Å². The number of hydrogen-bond acceptors (Lipinski definition) is 6. The number of carbonyl (C=O) groups excluding carboxylic acids is 3. The van der Waals surface area contributed by atoms with Crippen LogP contribution in [0, 0.1) is 18.8 Å². The number of Topliss-reactive ketones (excluding diaryl/α,β-unsaturated/α-hetero) is 1. The van der Waals surface area contributed by atoms with Crippen LogP contribution < -0.4 is 10.8 Å². The zero-order chi connectivity index (χ0) is 27.8. The van der Waals surface area contributed by atoms with Gasteiger partial charge in [0.05, 0.1) is 6.54 Å². The summed E-state index contributed by atoms with van der Waals surface area (Å²) in [5.41, 5.74) is 3.44. The molecule has 7 heteroatoms. The van der Waals surface area contributed by atoms with Crippen molar-refractivity contribution in [2.24, 2.45) is 11.8 Å². The fourth-order valence-corrected chi connectivity index (χ4v) is 2.71. The van der Waals surface area contributed by atoms with E-state index in [2.05, 4.69) is 18.8 Å². The second-order valence-electron chi connectivity index (χ2n) is 8.50. The summed E-state index contributed by atoms with van der Waals surface area (Å²) in [5, 5.41) is 19.8. The van der Waals surface area contributed by atoms with Crippen LogP contribution in [0.1, 0.15) is 62.4 Å². The summed E-state index contributed by atoms with van der Waals surface area (Å²) in [5.74, 6) is 0.0558. The van der Waals surface area contributed by atoms with Crippen LogP contribution in [0.2, 0.25) is 0 Å². The van der Waals surface area contributed by atoms with Gasteiger partial charge in [-0.05, 0) is 44.9 Å². The maximum Gasteiger partial charge on any atom is 0.244 e. The van der Waals surface area contributed by atoms with Crippen LogP contribution in [0.5, 0.6) is 5.75 Å². The molecule has 1 amide bonds. The largest absolute Gasteiger partial charge is 0.508 e. The standard InChI is InChI=1S/C9H11NO.C8H15NO3.C7H8O.C5H10/c1-10-7-9(11)8-5-3-2-4-6-8;1-6(2)3-7(5-10)4-8(11)9-12;1-6-2-4-7(8)5-3-6;1-3-5-4-2/h2-6,10H,7H2,1H3;5-7,12H,3-4H2,1-2H3,(H,9,11);2-5,8H,1H3;3H,1,4-5H2,2H3. The number of unbranched alkanes of at least 4 members (excludes halogenated alkanes) is 1. The van der Waals surface area contributed by atoms with Crippen LogP contribution in [0.15, 0.2) is 67.3 Å². The summed E-state index contributed by atoms with van der Waals surface area (Å²) < 4.78 is 0. The molecule has 7 nitrogen and oxygen atoms in total. The third kappa shape index (κ3) is 21.3. The van der Waals surface area contributed by atoms with Crippen molar-refractivity contribution in [1.29, 1.82) is 0 Å². The lowest BCUT2D eigenvalue weighted by atomic mass is 9.95. The Kier molecular flexibility index (Phi) is 22.7. The summed E-state index contributed by atoms with van der Waals surface area (Å²) in [6, 6.07) is 16.4. The molecule has 2 aromatic rings. The molecule has 0 radical (unpaired) electrons. The molecular formula is C29H44N2O5. The highest BCUT2D eigenvalue weighted by atomic mass is 16.5. The molecule has 0 heterocycles. The molecule has 0 fully saturated rings. The minimum absolute atomic E-state index is 0.0676. The van der Waals surface area contributed by atoms with Gasteiger partial charge in [-0.15, -0.1) is 6.58 Å². The van der Waals surface area contributed by atoms with Crippen LogP contribution in [0.4, 0.5) is 0 Å². The number of amides is 1. The SMILES string of the molecule is C=CCCC.CC(C)CC(C=O)CC(=O)NO.CNCC(=O)c1ccccc1.Cc1ccc(O)cc1. The molecule has 1 unspecified atom stereocenters. The van der Waals surface area contributed by atoms with Crippen molar-refractivity contribution in [2.75, 3.05) is 13.6 Å². The number of aldehydes is 1. The number of hydrogen-bond donors (Lipinski definition) is 4. The smallest absolute Gasteiger partial charge is 0.244 e. The third-order valence-corrected chi connectivity index (χ3v) is 4.50. The zero-order valence-corrected chi connectivity index (χ0v) is 22.4. The molecule has 0 aliphatic heterocycles. The average Bonchev–Trinajstić information content (AvgIpc) is 2.87. The van der Waals surface area contributed by atoms with E-state index in [0.717, 1.165) is 18.3 Å². The van der Waals surface area contributed by atoms with Gasteiger partial charge in [-0.1, -0.05) is 81.3 Å². The molecule has 0 aliphatic rings. The molecule has 0 bridgehead atoms. The van der Waals surface area contributed by atoms with E-state index >= 15 is 0 Å². The predicted molar refractivity (Wildman–Crippen MR) is 146 cm³/mol. The zero-order valence-electron chi connectivity index (χ0n) is 22.4. The number of hydroxylamine groups is 1. The van der Waals surface area contributed by atoms with Crippen molar-refractivity contribution in [3.63, 3.8) is 0 Å². The Labute approximate surface area is 216 Å². The fraction of sp³-hybridized carbons (Fsp3) is 0.414. The Hall–Kier alpha value is -3.29. The number of aromatic hydroxyl groups is 1. The Morgan fingerprint density at radius 2 is 1.64 bits per heavy atom. The van der Waals surface area contributed by atoms with Gasteiger partial charge in [-0.2, -0.15) is 0 Å². The van der Waals surface area contributed by atoms with Crippen LogP contribution in [-0.2, 0) is 9.59 Å². The topological polar surface area (TPSA) is 116 Å². The summed E-state index contributed by atoms with van der Waals surface area (Å²) in [6.07, 6.45) is 5.81. The molecule has 2 rings (SSSR count). The maximum atomic E-state index is 11.2. The Morgan fingerprint density at radius 3 is 2.00 bits per heavy atom. The summed E-state index contributed by atoms with van der Waals surface area (Å²) >= 11 is 0. The number of nitrogens with one attached hydrogen (secondary N) is 2. The molecule has 0 saturated heterocycles. The van der Waals surface area contributed by atoms with E-state index in [9.17, 15) is 14.4 Å². The minimum atomic E-state index is -0.507. The predicted octanol–water partition coefficient (Wildman–Crippen LogP) is 5.50. The van der Waals surface area contributed by atoms with Crippen LogP contribution >= 0.6 is 0 Å². The number of phenolic OH excluding ortho intramolecular Hbond substituents is 1. The quantitative estimate of drug-likeness (QED) is 0.112. The number of phenols is 1. The van der Waals surface area contributed by atoms with Gasteiger partial charge in [-0.25, -0.2) is 5.48 Å². The summed E-state index contributed by atoms with van der Waals surface area (Å²) in [4.78, 5) is 32.3. The number of rotatable bonds is 10. The molecule has 1 atom stereocenters. The van der Waals surface area contributed by atoms with E-state index in [4.69, 9.17) is 10.3 Å². The second-order valence-corrected chi connectivity index (χ2v) is 8.50. The van der Waals surface area contributed by atoms with E-state index in [1.54, 1.807) is 19.2 Å². The number of aryl methyl sites for hydroxylation is 1. The molecule has 0 aliphatic carbocycles. The fourth-order valence-electron chi connectivity index (χ4n) is 2.71. The number of likely N-dealkylation sites (N-methyl/N-ethyl adjacent to an activating group) is 1. The number of carbonyl (C=O) groups is 3. The lowest BCUT2D eigenvalue weighted by Crippen LogP contribution is -2.23. The Morgan fingerprint density at radius 1 is 1.06 bits per heavy atom. The van der Waals surface area contributed by atoms with Crippen molar-refractivity contribution in [1.82, 2.24) is 10.8 Å². The number of benzene rings is 2. The van der Waals surface area contributed by atoms with E-state index < -0.39 is 5.91 Å². The van der Waals surface area contributed by atoms with Gasteiger partial charge in [0.25, 0.3) is 0 Å². The van der Waals surface area contributed by atoms with Gasteiger partial charge in [0.1, 0.15) is 12.0 Å². The van der Waals surface area contributed by atoms with Gasteiger partial charge in [0, 0.05) is 17.9 Å². The third-order valence-electron chi connectivity index (χ3n) is 4.50. The molecule has 2 aromatic carbocycles. The maximum absolute atomic E-state index is 11.2. The van der Waals surface area contributed by atoms with Gasteiger partial charge in [0.2, 0.25) is 5.91 Å². The summed E-state index contributed by atoms with van der Waals surface area (Å²) in [7, 11) is 1.76. The number of ketones is 1. The number of allylic oxidation sites excluding steroid dienone is 1. The van der Waals surface area contributed by atoms with Crippen molar-refractivity contribution in [2.45, 2.75) is 53.4 Å². The van der Waals surface area contributed by atoms with Gasteiger partial charge in [-0.3, -0.25) is 14.8 Å². The highest BCUT2D eigenvalue weighted by Crippen LogP contribution is 2.12. The van der Waals surface area contributed by atoms with E-state index in [1.165, 1.54) is 17.5 Å². The van der Waals surface area contributed by atoms with Crippen LogP contribution in [0.25, 0.3) is 0 Å². The Balaban J connectivity index is 0. The first-order valence-corrected chi connectivity index (χ1v) is 12.1. The lowest BCUT2D eigenvalue weighted by Gasteiger charge is -2.10. The van der Waals surface area contributed by atoms with Gasteiger partial charge in [0.15, 0.2) is 5.78 Å². The normalized spacial score (nSPS) is 10.2. The monoisotopic (exact) mass is 500 g/mol. The molecule has 36 heavy (non-hydrogen) atoms. The first kappa shape index (κ1) is 34.9. The van der Waals surface area contributed by atoms with Gasteiger partial charge < -0.3 is 15.2 Å². The second kappa shape index (κ2) is 23.5. The van der Waals surface area contributed by atoms with Gasteiger partial charge >= 0.3 is 0 Å². The Bertz CT molecular complexity index is 816. The first-order valence-electron chi connectivity index (χ1n) is 12.1. The molecule has 4 N–H and O–H groups in total. The molecular weight excluding hydrogens is 456 g/mol. The van der Waals surface area contributed by atoms with Crippen molar-refractivity contribution < 1.29 is 24.7 Å². The molecule has 0 spiro atoms. The molecule has 0 saturated carbocycles. The molecule has 200 valence electrons. The van der Waals surface area contributed by atoms with Crippen LogP contribution in [-0.4, -0.2) is 41.9 Å². The summed E-state index contributed by atoms with van der Waals surface area (Å²) in [6.45, 7) is 12.0. The highest BCUT2D eigenvalue weighted by molar-refractivity contribution is 5.97. The van der Waals surface area contributed by atoms with E-state index in [0.29, 0.717) is 24.6 Å². The van der Waals surface area contributed by atoms with Crippen molar-refractivity contribution >= 4 is 18.0 Å². The van der Waals surface area contributed by atoms with Crippen molar-refractivity contribution in [3.05, 3.63) is 78.4 Å². The minimum Gasteiger partial charge on any atom is -0.508 e. The first-order chi connectivity index (χ1) is 17.1. The lowest BCUT2D eigenvalue weighted by molar-refractivity contribution is -0.131. The average molecular weight is 501 g/mol. The highest BCUT2D eigenvalue weighted by Gasteiger charge is 2.13. The molecule has 0 aromatic heterocycles.